The van der Waals surface area contributed by atoms with Crippen molar-refractivity contribution in [3.05, 3.63) is 34.2 Å². The van der Waals surface area contributed by atoms with Gasteiger partial charge in [-0.15, -0.1) is 11.3 Å². The standard InChI is InChI=1S/C18H24N4S/c1-2-5-14(6-3-1)20-18-21-16(13-8-9-13)11-17(22-18)19-12-15-7-4-10-23-15/h4,7,10-11,13-14H,1-3,5-6,8-9,12H2,(H2,19,20,21,22). The summed E-state index contributed by atoms with van der Waals surface area (Å²) < 4.78 is 0. The lowest BCUT2D eigenvalue weighted by Crippen LogP contribution is -2.24. The van der Waals surface area contributed by atoms with Gasteiger partial charge in [-0.1, -0.05) is 25.3 Å². The second-order valence-corrected chi connectivity index (χ2v) is 7.72. The highest BCUT2D eigenvalue weighted by Crippen LogP contribution is 2.40. The SMILES string of the molecule is c1csc(CNc2cc(C3CC3)nc(NC3CCCCC3)n2)c1. The Morgan fingerprint density at radius 2 is 1.96 bits per heavy atom. The van der Waals surface area contributed by atoms with Crippen LogP contribution in [0.3, 0.4) is 0 Å². The van der Waals surface area contributed by atoms with E-state index in [-0.39, 0.29) is 0 Å². The van der Waals surface area contributed by atoms with Crippen LogP contribution in [0.4, 0.5) is 11.8 Å². The molecule has 2 aromatic rings. The first-order valence-electron chi connectivity index (χ1n) is 8.78. The summed E-state index contributed by atoms with van der Waals surface area (Å²) in [6, 6.07) is 6.93. The molecule has 2 aromatic heterocycles. The van der Waals surface area contributed by atoms with E-state index >= 15 is 0 Å². The zero-order chi connectivity index (χ0) is 15.5. The second-order valence-electron chi connectivity index (χ2n) is 6.69. The topological polar surface area (TPSA) is 49.8 Å². The van der Waals surface area contributed by atoms with Crippen molar-refractivity contribution in [2.45, 2.75) is 63.5 Å². The molecule has 2 heterocycles. The van der Waals surface area contributed by atoms with Crippen LogP contribution < -0.4 is 10.6 Å². The van der Waals surface area contributed by atoms with Crippen LogP contribution in [-0.2, 0) is 6.54 Å². The molecule has 2 N–H and O–H groups in total. The third kappa shape index (κ3) is 4.02. The molecule has 4 nitrogen and oxygen atoms in total. The summed E-state index contributed by atoms with van der Waals surface area (Å²) in [6.45, 7) is 0.835. The van der Waals surface area contributed by atoms with E-state index in [0.29, 0.717) is 12.0 Å². The molecule has 0 atom stereocenters. The molecular weight excluding hydrogens is 304 g/mol. The molecule has 0 bridgehead atoms. The lowest BCUT2D eigenvalue weighted by molar-refractivity contribution is 0.460. The molecule has 0 saturated heterocycles. The summed E-state index contributed by atoms with van der Waals surface area (Å²) in [6.07, 6.45) is 9.04. The molecule has 2 aliphatic carbocycles. The third-order valence-electron chi connectivity index (χ3n) is 4.70. The number of thiophene rings is 1. The summed E-state index contributed by atoms with van der Waals surface area (Å²) in [5, 5.41) is 9.16. The highest BCUT2D eigenvalue weighted by Gasteiger charge is 2.26. The summed E-state index contributed by atoms with van der Waals surface area (Å²) in [7, 11) is 0. The number of hydrogen-bond donors (Lipinski definition) is 2. The monoisotopic (exact) mass is 328 g/mol. The first-order valence-corrected chi connectivity index (χ1v) is 9.66. The fourth-order valence-electron chi connectivity index (χ4n) is 3.23. The Kier molecular flexibility index (Phi) is 4.46. The van der Waals surface area contributed by atoms with E-state index in [4.69, 9.17) is 9.97 Å². The normalized spacial score (nSPS) is 18.8. The molecular formula is C18H24N4S. The lowest BCUT2D eigenvalue weighted by Gasteiger charge is -2.23. The maximum absolute atomic E-state index is 4.77. The fraction of sp³-hybridized carbons (Fsp3) is 0.556. The van der Waals surface area contributed by atoms with Crippen molar-refractivity contribution in [2.75, 3.05) is 10.6 Å². The van der Waals surface area contributed by atoms with Crippen LogP contribution in [0.25, 0.3) is 0 Å². The highest BCUT2D eigenvalue weighted by atomic mass is 32.1. The Labute approximate surface area is 141 Å². The number of anilines is 2. The molecule has 0 aromatic carbocycles. The fourth-order valence-corrected chi connectivity index (χ4v) is 3.87. The molecule has 4 rings (SSSR count). The van der Waals surface area contributed by atoms with E-state index in [2.05, 4.69) is 34.2 Å². The number of rotatable bonds is 6. The average molecular weight is 328 g/mol. The van der Waals surface area contributed by atoms with Gasteiger partial charge in [0.15, 0.2) is 0 Å². The maximum atomic E-state index is 4.77. The molecule has 2 aliphatic rings. The van der Waals surface area contributed by atoms with Crippen molar-refractivity contribution in [1.29, 1.82) is 0 Å². The Balaban J connectivity index is 1.48. The van der Waals surface area contributed by atoms with Crippen molar-refractivity contribution in [3.8, 4) is 0 Å². The molecule has 2 saturated carbocycles. The lowest BCUT2D eigenvalue weighted by atomic mass is 9.96. The van der Waals surface area contributed by atoms with Crippen molar-refractivity contribution in [1.82, 2.24) is 9.97 Å². The molecule has 5 heteroatoms. The molecule has 0 radical (unpaired) electrons. The van der Waals surface area contributed by atoms with Crippen molar-refractivity contribution < 1.29 is 0 Å². The number of hydrogen-bond acceptors (Lipinski definition) is 5. The Morgan fingerprint density at radius 3 is 2.70 bits per heavy atom. The highest BCUT2D eigenvalue weighted by molar-refractivity contribution is 7.09. The van der Waals surface area contributed by atoms with Crippen molar-refractivity contribution in [3.63, 3.8) is 0 Å². The Morgan fingerprint density at radius 1 is 1.09 bits per heavy atom. The summed E-state index contributed by atoms with van der Waals surface area (Å²) in [4.78, 5) is 10.8. The Bertz CT molecular complexity index is 630. The molecule has 2 fully saturated rings. The van der Waals surface area contributed by atoms with Crippen LogP contribution in [-0.4, -0.2) is 16.0 Å². The van der Waals surface area contributed by atoms with Gasteiger partial charge in [0, 0.05) is 22.9 Å². The van der Waals surface area contributed by atoms with Gasteiger partial charge in [-0.25, -0.2) is 4.98 Å². The van der Waals surface area contributed by atoms with Crippen LogP contribution in [0.5, 0.6) is 0 Å². The second kappa shape index (κ2) is 6.87. The minimum absolute atomic E-state index is 0.545. The van der Waals surface area contributed by atoms with E-state index in [0.717, 1.165) is 18.3 Å². The quantitative estimate of drug-likeness (QED) is 0.802. The smallest absolute Gasteiger partial charge is 0.225 e. The Hall–Kier alpha value is -1.62. The van der Waals surface area contributed by atoms with Gasteiger partial charge in [-0.2, -0.15) is 4.98 Å². The summed E-state index contributed by atoms with van der Waals surface area (Å²) in [5.74, 6) is 2.41. The number of nitrogens with one attached hydrogen (secondary N) is 2. The van der Waals surface area contributed by atoms with Crippen LogP contribution in [0.1, 0.15) is 61.4 Å². The minimum Gasteiger partial charge on any atom is -0.365 e. The van der Waals surface area contributed by atoms with E-state index in [1.807, 2.05) is 0 Å². The van der Waals surface area contributed by atoms with Crippen molar-refractivity contribution >= 4 is 23.1 Å². The zero-order valence-corrected chi connectivity index (χ0v) is 14.2. The largest absolute Gasteiger partial charge is 0.365 e. The van der Waals surface area contributed by atoms with Gasteiger partial charge in [0.05, 0.1) is 12.2 Å². The van der Waals surface area contributed by atoms with Crippen LogP contribution in [0.2, 0.25) is 0 Å². The van der Waals surface area contributed by atoms with Gasteiger partial charge in [0.25, 0.3) is 0 Å². The number of aromatic nitrogens is 2. The summed E-state index contributed by atoms with van der Waals surface area (Å²) >= 11 is 1.78. The molecule has 0 unspecified atom stereocenters. The minimum atomic E-state index is 0.545. The van der Waals surface area contributed by atoms with Gasteiger partial charge >= 0.3 is 0 Å². The summed E-state index contributed by atoms with van der Waals surface area (Å²) in [5.41, 5.74) is 1.20. The van der Waals surface area contributed by atoms with Gasteiger partial charge in [-0.3, -0.25) is 0 Å². The predicted molar refractivity (Wildman–Crippen MR) is 96.1 cm³/mol. The van der Waals surface area contributed by atoms with Crippen LogP contribution >= 0.6 is 11.3 Å². The molecule has 23 heavy (non-hydrogen) atoms. The van der Waals surface area contributed by atoms with E-state index in [1.165, 1.54) is 55.5 Å². The first-order chi connectivity index (χ1) is 11.4. The van der Waals surface area contributed by atoms with E-state index < -0.39 is 0 Å². The zero-order valence-electron chi connectivity index (χ0n) is 13.4. The molecule has 0 spiro atoms. The van der Waals surface area contributed by atoms with Crippen LogP contribution in [0, 0.1) is 0 Å². The van der Waals surface area contributed by atoms with Crippen molar-refractivity contribution in [2.24, 2.45) is 0 Å². The molecule has 0 aliphatic heterocycles. The van der Waals surface area contributed by atoms with Gasteiger partial charge in [-0.05, 0) is 37.1 Å². The van der Waals surface area contributed by atoms with E-state index in [1.54, 1.807) is 11.3 Å². The molecule has 122 valence electrons. The van der Waals surface area contributed by atoms with Crippen LogP contribution in [0.15, 0.2) is 23.6 Å². The number of nitrogens with zero attached hydrogens (tertiary/aromatic N) is 2. The van der Waals surface area contributed by atoms with Gasteiger partial charge in [0.1, 0.15) is 5.82 Å². The van der Waals surface area contributed by atoms with Gasteiger partial charge in [0.2, 0.25) is 5.95 Å². The predicted octanol–water partition coefficient (Wildman–Crippen LogP) is 4.77. The first kappa shape index (κ1) is 14.9. The van der Waals surface area contributed by atoms with Gasteiger partial charge < -0.3 is 10.6 Å². The maximum Gasteiger partial charge on any atom is 0.225 e. The molecule has 0 amide bonds. The third-order valence-corrected chi connectivity index (χ3v) is 5.58. The average Bonchev–Trinajstić information content (AvgIpc) is 3.30. The van der Waals surface area contributed by atoms with E-state index in [9.17, 15) is 0 Å².